The van der Waals surface area contributed by atoms with E-state index < -0.39 is 23.4 Å². The molecule has 2 unspecified atom stereocenters. The molecule has 0 radical (unpaired) electrons. The number of nitrogens with zero attached hydrogens (tertiary/aromatic N) is 1. The summed E-state index contributed by atoms with van der Waals surface area (Å²) in [6.07, 6.45) is -3.66. The molecule has 8 heteroatoms. The summed E-state index contributed by atoms with van der Waals surface area (Å²) >= 11 is 0. The molecular weight excluding hydrogens is 389 g/mol. The van der Waals surface area contributed by atoms with Gasteiger partial charge in [-0.05, 0) is 54.3 Å². The Hall–Kier alpha value is -2.74. The second kappa shape index (κ2) is 7.59. The Labute approximate surface area is 164 Å². The van der Waals surface area contributed by atoms with Crippen LogP contribution in [0.3, 0.4) is 0 Å². The second-order valence-corrected chi connectivity index (χ2v) is 7.24. The first-order chi connectivity index (χ1) is 13.8. The van der Waals surface area contributed by atoms with E-state index in [1.54, 1.807) is 6.07 Å². The zero-order valence-corrected chi connectivity index (χ0v) is 15.2. The molecule has 1 aliphatic heterocycles. The first-order valence-electron chi connectivity index (χ1n) is 9.20. The molecule has 4 rings (SSSR count). The number of H-pyrrole nitrogens is 1. The third-order valence-electron chi connectivity index (χ3n) is 5.30. The lowest BCUT2D eigenvalue weighted by Gasteiger charge is -2.29. The fourth-order valence-electron chi connectivity index (χ4n) is 3.75. The molecule has 1 aromatic heterocycles. The van der Waals surface area contributed by atoms with Crippen LogP contribution in [0, 0.1) is 11.6 Å². The highest BCUT2D eigenvalue weighted by Gasteiger charge is 2.31. The molecule has 3 aromatic rings. The fourth-order valence-corrected chi connectivity index (χ4v) is 3.75. The van der Waals surface area contributed by atoms with Gasteiger partial charge in [0, 0.05) is 30.3 Å². The van der Waals surface area contributed by atoms with Crippen molar-refractivity contribution >= 4 is 0 Å². The van der Waals surface area contributed by atoms with Crippen molar-refractivity contribution in [1.29, 1.82) is 0 Å². The number of benzene rings is 2. The topological polar surface area (TPSA) is 40.7 Å². The minimum absolute atomic E-state index is 0.0221. The zero-order chi connectivity index (χ0) is 20.6. The summed E-state index contributed by atoms with van der Waals surface area (Å²) in [6, 6.07) is 10.1. The molecule has 3 nitrogen and oxygen atoms in total. The Morgan fingerprint density at radius 2 is 1.62 bits per heavy atom. The minimum Gasteiger partial charge on any atom is -0.315 e. The van der Waals surface area contributed by atoms with Gasteiger partial charge in [-0.15, -0.1) is 0 Å². The SMILES string of the molecule is Fc1ccc(F)c(-c2cc(C3CNCC(c4ccc(C(F)(F)F)cc4)C3)[nH]n2)c1. The molecule has 0 aliphatic carbocycles. The van der Waals surface area contributed by atoms with E-state index in [0.717, 1.165) is 41.6 Å². The van der Waals surface area contributed by atoms with Crippen molar-refractivity contribution < 1.29 is 22.0 Å². The smallest absolute Gasteiger partial charge is 0.315 e. The largest absolute Gasteiger partial charge is 0.416 e. The van der Waals surface area contributed by atoms with Crippen LogP contribution < -0.4 is 5.32 Å². The van der Waals surface area contributed by atoms with Crippen LogP contribution in [0.25, 0.3) is 11.3 Å². The molecule has 2 aromatic carbocycles. The van der Waals surface area contributed by atoms with E-state index in [9.17, 15) is 22.0 Å². The van der Waals surface area contributed by atoms with Gasteiger partial charge in [0.2, 0.25) is 0 Å². The molecule has 2 heterocycles. The highest BCUT2D eigenvalue weighted by molar-refractivity contribution is 5.60. The molecule has 1 fully saturated rings. The highest BCUT2D eigenvalue weighted by atomic mass is 19.4. The van der Waals surface area contributed by atoms with Gasteiger partial charge in [-0.25, -0.2) is 8.78 Å². The van der Waals surface area contributed by atoms with E-state index in [2.05, 4.69) is 15.5 Å². The average molecular weight is 407 g/mol. The van der Waals surface area contributed by atoms with Gasteiger partial charge in [0.05, 0.1) is 11.3 Å². The van der Waals surface area contributed by atoms with Crippen LogP contribution in [-0.2, 0) is 6.18 Å². The molecule has 2 atom stereocenters. The van der Waals surface area contributed by atoms with Gasteiger partial charge in [-0.3, -0.25) is 5.10 Å². The molecule has 1 aliphatic rings. The van der Waals surface area contributed by atoms with Crippen LogP contribution >= 0.6 is 0 Å². The van der Waals surface area contributed by atoms with Crippen molar-refractivity contribution in [3.8, 4) is 11.3 Å². The van der Waals surface area contributed by atoms with E-state index in [1.807, 2.05) is 0 Å². The summed E-state index contributed by atoms with van der Waals surface area (Å²) in [4.78, 5) is 0. The van der Waals surface area contributed by atoms with Crippen molar-refractivity contribution in [2.45, 2.75) is 24.4 Å². The quantitative estimate of drug-likeness (QED) is 0.584. The summed E-state index contributed by atoms with van der Waals surface area (Å²) in [5.41, 5.74) is 1.32. The molecule has 2 N–H and O–H groups in total. The standard InChI is InChI=1S/C21H18F5N3/c22-16-5-6-18(23)17(8-16)20-9-19(28-29-20)14-7-13(10-27-11-14)12-1-3-15(4-2-12)21(24,25)26/h1-6,8-9,13-14,27H,7,10-11H2,(H,28,29). The van der Waals surface area contributed by atoms with Gasteiger partial charge < -0.3 is 5.32 Å². The lowest BCUT2D eigenvalue weighted by molar-refractivity contribution is -0.137. The van der Waals surface area contributed by atoms with Crippen LogP contribution in [0.1, 0.15) is 35.1 Å². The van der Waals surface area contributed by atoms with E-state index >= 15 is 0 Å². The number of piperidine rings is 1. The molecular formula is C21H18F5N3. The van der Waals surface area contributed by atoms with Gasteiger partial charge in [0.25, 0.3) is 0 Å². The molecule has 0 bridgehead atoms. The Morgan fingerprint density at radius 1 is 0.897 bits per heavy atom. The summed E-state index contributed by atoms with van der Waals surface area (Å²) in [5, 5.41) is 10.3. The maximum atomic E-state index is 14.0. The predicted octanol–water partition coefficient (Wildman–Crippen LogP) is 5.23. The number of aromatic amines is 1. The van der Waals surface area contributed by atoms with E-state index in [0.29, 0.717) is 25.2 Å². The van der Waals surface area contributed by atoms with Gasteiger partial charge in [0.15, 0.2) is 0 Å². The molecule has 0 amide bonds. The van der Waals surface area contributed by atoms with Crippen molar-refractivity contribution in [2.24, 2.45) is 0 Å². The second-order valence-electron chi connectivity index (χ2n) is 7.24. The van der Waals surface area contributed by atoms with Crippen molar-refractivity contribution in [3.63, 3.8) is 0 Å². The Morgan fingerprint density at radius 3 is 2.34 bits per heavy atom. The summed E-state index contributed by atoms with van der Waals surface area (Å²) in [6.45, 7) is 1.31. The van der Waals surface area contributed by atoms with Crippen molar-refractivity contribution in [2.75, 3.05) is 13.1 Å². The summed E-state index contributed by atoms with van der Waals surface area (Å²) in [5.74, 6) is -1.05. The number of hydrogen-bond acceptors (Lipinski definition) is 2. The van der Waals surface area contributed by atoms with Crippen LogP contribution in [-0.4, -0.2) is 23.3 Å². The predicted molar refractivity (Wildman–Crippen MR) is 98.4 cm³/mol. The first-order valence-corrected chi connectivity index (χ1v) is 9.20. The first kappa shape index (κ1) is 19.6. The molecule has 0 saturated carbocycles. The third kappa shape index (κ3) is 4.17. The number of halogens is 5. The monoisotopic (exact) mass is 407 g/mol. The molecule has 29 heavy (non-hydrogen) atoms. The number of hydrogen-bond donors (Lipinski definition) is 2. The number of aromatic nitrogens is 2. The maximum Gasteiger partial charge on any atom is 0.416 e. The highest BCUT2D eigenvalue weighted by Crippen LogP contribution is 2.35. The lowest BCUT2D eigenvalue weighted by atomic mass is 9.83. The Balaban J connectivity index is 1.52. The van der Waals surface area contributed by atoms with E-state index in [1.165, 1.54) is 12.1 Å². The molecule has 0 spiro atoms. The van der Waals surface area contributed by atoms with E-state index in [4.69, 9.17) is 0 Å². The summed E-state index contributed by atoms with van der Waals surface area (Å²) in [7, 11) is 0. The number of nitrogens with one attached hydrogen (secondary N) is 2. The van der Waals surface area contributed by atoms with E-state index in [-0.39, 0.29) is 17.4 Å². The molecule has 152 valence electrons. The lowest BCUT2D eigenvalue weighted by Crippen LogP contribution is -2.34. The van der Waals surface area contributed by atoms with Crippen molar-refractivity contribution in [1.82, 2.24) is 15.5 Å². The fraction of sp³-hybridized carbons (Fsp3) is 0.286. The van der Waals surface area contributed by atoms with Gasteiger partial charge >= 0.3 is 6.18 Å². The van der Waals surface area contributed by atoms with Crippen molar-refractivity contribution in [3.05, 3.63) is 77.0 Å². The normalized spacial score (nSPS) is 20.0. The van der Waals surface area contributed by atoms with Crippen LogP contribution in [0.2, 0.25) is 0 Å². The third-order valence-corrected chi connectivity index (χ3v) is 5.30. The van der Waals surface area contributed by atoms with Gasteiger partial charge in [-0.2, -0.15) is 18.3 Å². The Kier molecular flexibility index (Phi) is 5.12. The van der Waals surface area contributed by atoms with Gasteiger partial charge in [0.1, 0.15) is 11.6 Å². The Bertz CT molecular complexity index is 994. The maximum absolute atomic E-state index is 14.0. The van der Waals surface area contributed by atoms with Gasteiger partial charge in [-0.1, -0.05) is 12.1 Å². The minimum atomic E-state index is -4.36. The number of rotatable bonds is 3. The van der Waals surface area contributed by atoms with Crippen LogP contribution in [0.15, 0.2) is 48.5 Å². The van der Waals surface area contributed by atoms with Crippen LogP contribution in [0.4, 0.5) is 22.0 Å². The average Bonchev–Trinajstić information content (AvgIpc) is 3.19. The number of alkyl halides is 3. The summed E-state index contributed by atoms with van der Waals surface area (Å²) < 4.78 is 65.7. The van der Waals surface area contributed by atoms with Crippen LogP contribution in [0.5, 0.6) is 0 Å². The zero-order valence-electron chi connectivity index (χ0n) is 15.2. The molecule has 1 saturated heterocycles.